The van der Waals surface area contributed by atoms with Crippen molar-refractivity contribution in [2.24, 2.45) is 5.92 Å². The van der Waals surface area contributed by atoms with Gasteiger partial charge in [-0.3, -0.25) is 0 Å². The Morgan fingerprint density at radius 1 is 1.19 bits per heavy atom. The minimum atomic E-state index is -0.566. The zero-order valence-corrected chi connectivity index (χ0v) is 18.1. The van der Waals surface area contributed by atoms with Gasteiger partial charge in [-0.1, -0.05) is 11.8 Å². The minimum Gasteiger partial charge on any atom is -0.481 e. The van der Waals surface area contributed by atoms with Gasteiger partial charge in [0.2, 0.25) is 11.8 Å². The second-order valence-electron chi connectivity index (χ2n) is 7.45. The van der Waals surface area contributed by atoms with Gasteiger partial charge in [0.15, 0.2) is 0 Å². The summed E-state index contributed by atoms with van der Waals surface area (Å²) in [5.41, 5.74) is 2.08. The second kappa shape index (κ2) is 10.9. The number of ether oxygens (including phenoxy) is 2. The van der Waals surface area contributed by atoms with Crippen LogP contribution >= 0.6 is 0 Å². The number of aromatic nitrogens is 3. The van der Waals surface area contributed by atoms with Gasteiger partial charge in [-0.15, -0.1) is 0 Å². The first-order valence-electron chi connectivity index (χ1n) is 10.2. The van der Waals surface area contributed by atoms with Gasteiger partial charge in [-0.25, -0.2) is 9.97 Å². The van der Waals surface area contributed by atoms with E-state index in [-0.39, 0.29) is 18.6 Å². The van der Waals surface area contributed by atoms with Crippen molar-refractivity contribution in [3.8, 4) is 17.7 Å². The van der Waals surface area contributed by atoms with Crippen LogP contribution in [-0.4, -0.2) is 71.3 Å². The summed E-state index contributed by atoms with van der Waals surface area (Å²) in [5, 5.41) is 26.3. The number of aliphatic hydroxyl groups is 2. The highest BCUT2D eigenvalue weighted by molar-refractivity contribution is 5.60. The number of hydrogen-bond donors (Lipinski definition) is 4. The lowest BCUT2D eigenvalue weighted by Gasteiger charge is -2.19. The third-order valence-electron chi connectivity index (χ3n) is 5.16. The highest BCUT2D eigenvalue weighted by atomic mass is 16.5. The monoisotopic (exact) mass is 427 g/mol. The summed E-state index contributed by atoms with van der Waals surface area (Å²) in [7, 11) is 3.19. The number of rotatable bonds is 8. The van der Waals surface area contributed by atoms with Gasteiger partial charge in [0.1, 0.15) is 5.82 Å². The van der Waals surface area contributed by atoms with Gasteiger partial charge in [-0.2, -0.15) is 4.98 Å². The molecule has 2 heterocycles. The fraction of sp³-hybridized carbons (Fsp3) is 0.500. The lowest BCUT2D eigenvalue weighted by atomic mass is 10.1. The average molecular weight is 428 g/mol. The summed E-state index contributed by atoms with van der Waals surface area (Å²) < 4.78 is 10.1. The first-order chi connectivity index (χ1) is 15.0. The lowest BCUT2D eigenvalue weighted by molar-refractivity contribution is 0.157. The van der Waals surface area contributed by atoms with E-state index in [2.05, 4.69) is 37.4 Å². The van der Waals surface area contributed by atoms with Gasteiger partial charge in [0, 0.05) is 38.1 Å². The Bertz CT molecular complexity index is 926. The molecule has 0 unspecified atom stereocenters. The second-order valence-corrected chi connectivity index (χ2v) is 7.45. The van der Waals surface area contributed by atoms with Crippen LogP contribution in [0.2, 0.25) is 0 Å². The Morgan fingerprint density at radius 2 is 2.03 bits per heavy atom. The molecule has 31 heavy (non-hydrogen) atoms. The molecule has 0 bridgehead atoms. The number of pyridine rings is 1. The van der Waals surface area contributed by atoms with E-state index in [4.69, 9.17) is 9.47 Å². The molecule has 2 aromatic heterocycles. The summed E-state index contributed by atoms with van der Waals surface area (Å²) >= 11 is 0. The maximum absolute atomic E-state index is 10.4. The van der Waals surface area contributed by atoms with Gasteiger partial charge < -0.3 is 30.3 Å². The molecule has 9 nitrogen and oxygen atoms in total. The molecule has 0 aliphatic heterocycles. The van der Waals surface area contributed by atoms with Crippen LogP contribution in [0.15, 0.2) is 18.3 Å². The third-order valence-corrected chi connectivity index (χ3v) is 5.16. The molecule has 9 heteroatoms. The quantitative estimate of drug-likeness (QED) is 0.363. The van der Waals surface area contributed by atoms with Crippen LogP contribution < -0.4 is 15.4 Å². The highest BCUT2D eigenvalue weighted by Crippen LogP contribution is 2.29. The number of nitrogens with one attached hydrogen (secondary N) is 2. The lowest BCUT2D eigenvalue weighted by Crippen LogP contribution is -2.29. The molecule has 0 saturated heterocycles. The predicted molar refractivity (Wildman–Crippen MR) is 117 cm³/mol. The van der Waals surface area contributed by atoms with Crippen molar-refractivity contribution in [2.45, 2.75) is 31.9 Å². The molecule has 1 aliphatic carbocycles. The first kappa shape index (κ1) is 22.7. The Kier molecular flexibility index (Phi) is 8.00. The summed E-state index contributed by atoms with van der Waals surface area (Å²) in [6, 6.07) is 3.36. The zero-order valence-electron chi connectivity index (χ0n) is 18.1. The predicted octanol–water partition coefficient (Wildman–Crippen LogP) is 1.19. The summed E-state index contributed by atoms with van der Waals surface area (Å²) in [4.78, 5) is 13.3. The molecule has 0 spiro atoms. The number of methoxy groups -OCH3 is 2. The van der Waals surface area contributed by atoms with Crippen LogP contribution in [-0.2, 0) is 4.74 Å². The van der Waals surface area contributed by atoms with E-state index in [9.17, 15) is 10.2 Å². The van der Waals surface area contributed by atoms with Gasteiger partial charge in [0.25, 0.3) is 0 Å². The van der Waals surface area contributed by atoms with E-state index in [0.717, 1.165) is 5.56 Å². The Hall–Kier alpha value is -2.93. The van der Waals surface area contributed by atoms with Crippen molar-refractivity contribution < 1.29 is 19.7 Å². The van der Waals surface area contributed by atoms with Gasteiger partial charge >= 0.3 is 0 Å². The third kappa shape index (κ3) is 6.04. The molecular formula is C22H29N5O4. The molecule has 4 N–H and O–H groups in total. The fourth-order valence-corrected chi connectivity index (χ4v) is 3.48. The highest BCUT2D eigenvalue weighted by Gasteiger charge is 2.33. The van der Waals surface area contributed by atoms with E-state index < -0.39 is 6.10 Å². The summed E-state index contributed by atoms with van der Waals surface area (Å²) in [6.07, 6.45) is 2.28. The standard InChI is InChI=1S/C22H29N5O4/c1-14-17(6-4-15-5-7-20(31-3)24-12-15)21(27-22(25-14)23-8-9-30-2)26-18-10-16(13-28)11-19(18)29/h5,7,12,16,18-19,28-29H,8-11,13H2,1-3H3,(H2,23,25,26,27)/t16-,18+,19+/m0/s1. The molecule has 1 aliphatic rings. The SMILES string of the molecule is COCCNc1nc(C)c(C#Cc2ccc(OC)nc2)c(N[C@@H]2C[C@H](CO)C[C@H]2O)n1. The number of anilines is 2. The van der Waals surface area contributed by atoms with E-state index in [1.54, 1.807) is 26.5 Å². The molecule has 3 rings (SSSR count). The molecule has 3 atom stereocenters. The van der Waals surface area contributed by atoms with E-state index in [1.807, 2.05) is 13.0 Å². The van der Waals surface area contributed by atoms with Crippen LogP contribution in [0, 0.1) is 24.7 Å². The van der Waals surface area contributed by atoms with Crippen LogP contribution in [0.4, 0.5) is 11.8 Å². The van der Waals surface area contributed by atoms with E-state index in [1.165, 1.54) is 0 Å². The molecule has 0 aromatic carbocycles. The van der Waals surface area contributed by atoms with Crippen LogP contribution in [0.1, 0.15) is 29.7 Å². The largest absolute Gasteiger partial charge is 0.481 e. The van der Waals surface area contributed by atoms with Gasteiger partial charge in [-0.05, 0) is 31.7 Å². The van der Waals surface area contributed by atoms with Crippen molar-refractivity contribution in [1.82, 2.24) is 15.0 Å². The van der Waals surface area contributed by atoms with Crippen molar-refractivity contribution in [1.29, 1.82) is 0 Å². The van der Waals surface area contributed by atoms with Gasteiger partial charge in [0.05, 0.1) is 37.1 Å². The maximum Gasteiger partial charge on any atom is 0.225 e. The van der Waals surface area contributed by atoms with Crippen LogP contribution in [0.5, 0.6) is 5.88 Å². The molecule has 1 saturated carbocycles. The topological polar surface area (TPSA) is 122 Å². The molecule has 0 amide bonds. The van der Waals surface area contributed by atoms with Crippen LogP contribution in [0.3, 0.4) is 0 Å². The van der Waals surface area contributed by atoms with Crippen molar-refractivity contribution >= 4 is 11.8 Å². The number of aryl methyl sites for hydroxylation is 1. The Balaban J connectivity index is 1.89. The molecule has 0 radical (unpaired) electrons. The zero-order chi connectivity index (χ0) is 22.2. The van der Waals surface area contributed by atoms with Crippen molar-refractivity contribution in [2.75, 3.05) is 44.6 Å². The summed E-state index contributed by atoms with van der Waals surface area (Å²) in [6.45, 7) is 3.01. The van der Waals surface area contributed by atoms with Crippen molar-refractivity contribution in [3.05, 3.63) is 35.2 Å². The average Bonchev–Trinajstić information content (AvgIpc) is 3.13. The Labute approximate surface area is 182 Å². The number of nitrogens with zero attached hydrogens (tertiary/aromatic N) is 3. The Morgan fingerprint density at radius 3 is 2.68 bits per heavy atom. The van der Waals surface area contributed by atoms with Crippen LogP contribution in [0.25, 0.3) is 0 Å². The number of hydrogen-bond acceptors (Lipinski definition) is 9. The fourth-order valence-electron chi connectivity index (χ4n) is 3.48. The molecule has 166 valence electrons. The summed E-state index contributed by atoms with van der Waals surface area (Å²) in [5.74, 6) is 7.82. The van der Waals surface area contributed by atoms with E-state index in [0.29, 0.717) is 54.9 Å². The smallest absolute Gasteiger partial charge is 0.225 e. The normalized spacial score (nSPS) is 20.1. The number of aliphatic hydroxyl groups excluding tert-OH is 2. The minimum absolute atomic E-state index is 0.0546. The maximum atomic E-state index is 10.4. The molecular weight excluding hydrogens is 398 g/mol. The van der Waals surface area contributed by atoms with E-state index >= 15 is 0 Å². The molecule has 2 aromatic rings. The first-order valence-corrected chi connectivity index (χ1v) is 10.2. The van der Waals surface area contributed by atoms with Crippen molar-refractivity contribution in [3.63, 3.8) is 0 Å². The molecule has 1 fully saturated rings.